The molecular formula is C11H18N2O5. The monoisotopic (exact) mass is 258 g/mol. The van der Waals surface area contributed by atoms with Gasteiger partial charge < -0.3 is 20.1 Å². The fourth-order valence-corrected chi connectivity index (χ4v) is 1.86. The number of carboxylic acids is 1. The van der Waals surface area contributed by atoms with Crippen LogP contribution in [0.25, 0.3) is 0 Å². The lowest BCUT2D eigenvalue weighted by Gasteiger charge is -2.15. The SMILES string of the molecule is CCN1CC(C(=O)NCC(OC)C(=O)O)CC1=O. The van der Waals surface area contributed by atoms with Crippen LogP contribution in [-0.4, -0.2) is 60.6 Å². The third kappa shape index (κ3) is 3.43. The van der Waals surface area contributed by atoms with Crippen molar-refractivity contribution in [2.24, 2.45) is 5.92 Å². The Hall–Kier alpha value is -1.63. The zero-order valence-corrected chi connectivity index (χ0v) is 10.5. The molecule has 2 N–H and O–H groups in total. The zero-order valence-electron chi connectivity index (χ0n) is 10.5. The molecule has 7 nitrogen and oxygen atoms in total. The lowest BCUT2D eigenvalue weighted by Crippen LogP contribution is -2.41. The number of nitrogens with one attached hydrogen (secondary N) is 1. The van der Waals surface area contributed by atoms with E-state index in [0.29, 0.717) is 13.1 Å². The van der Waals surface area contributed by atoms with Gasteiger partial charge in [-0.1, -0.05) is 0 Å². The van der Waals surface area contributed by atoms with Crippen molar-refractivity contribution in [2.45, 2.75) is 19.4 Å². The van der Waals surface area contributed by atoms with Crippen molar-refractivity contribution in [2.75, 3.05) is 26.7 Å². The lowest BCUT2D eigenvalue weighted by molar-refractivity contribution is -0.148. The minimum Gasteiger partial charge on any atom is -0.479 e. The van der Waals surface area contributed by atoms with Crippen LogP contribution in [0, 0.1) is 5.92 Å². The molecule has 0 aliphatic carbocycles. The number of nitrogens with zero attached hydrogens (tertiary/aromatic N) is 1. The quantitative estimate of drug-likeness (QED) is 0.641. The fourth-order valence-electron chi connectivity index (χ4n) is 1.86. The number of likely N-dealkylation sites (tertiary alicyclic amines) is 1. The van der Waals surface area contributed by atoms with Crippen LogP contribution in [0.2, 0.25) is 0 Å². The minimum atomic E-state index is -1.13. The number of hydrogen-bond acceptors (Lipinski definition) is 4. The van der Waals surface area contributed by atoms with E-state index >= 15 is 0 Å². The van der Waals surface area contributed by atoms with E-state index in [1.54, 1.807) is 4.90 Å². The second kappa shape index (κ2) is 6.34. The summed E-state index contributed by atoms with van der Waals surface area (Å²) in [5.74, 6) is -1.87. The topological polar surface area (TPSA) is 95.9 Å². The number of amides is 2. The highest BCUT2D eigenvalue weighted by molar-refractivity contribution is 5.89. The van der Waals surface area contributed by atoms with Gasteiger partial charge in [0.05, 0.1) is 12.5 Å². The van der Waals surface area contributed by atoms with Gasteiger partial charge in [0.2, 0.25) is 11.8 Å². The van der Waals surface area contributed by atoms with Gasteiger partial charge in [-0.3, -0.25) is 9.59 Å². The van der Waals surface area contributed by atoms with Crippen LogP contribution < -0.4 is 5.32 Å². The Kier molecular flexibility index (Phi) is 5.08. The highest BCUT2D eigenvalue weighted by Crippen LogP contribution is 2.17. The van der Waals surface area contributed by atoms with E-state index in [1.807, 2.05) is 6.92 Å². The summed E-state index contributed by atoms with van der Waals surface area (Å²) in [6.07, 6.45) is -0.877. The molecule has 0 aromatic heterocycles. The zero-order chi connectivity index (χ0) is 13.7. The standard InChI is InChI=1S/C11H18N2O5/c1-3-13-6-7(4-9(13)14)10(15)12-5-8(18-2)11(16)17/h7-8H,3-6H2,1-2H3,(H,12,15)(H,16,17). The maximum Gasteiger partial charge on any atom is 0.334 e. The summed E-state index contributed by atoms with van der Waals surface area (Å²) in [7, 11) is 1.27. The molecule has 0 radical (unpaired) electrons. The molecule has 2 amide bonds. The van der Waals surface area contributed by atoms with Gasteiger partial charge in [-0.25, -0.2) is 4.79 Å². The molecule has 18 heavy (non-hydrogen) atoms. The molecule has 1 fully saturated rings. The maximum absolute atomic E-state index is 11.8. The molecule has 102 valence electrons. The third-order valence-electron chi connectivity index (χ3n) is 2.99. The second-order valence-electron chi connectivity index (χ2n) is 4.14. The molecule has 0 aromatic carbocycles. The number of hydrogen-bond donors (Lipinski definition) is 2. The van der Waals surface area contributed by atoms with Gasteiger partial charge in [-0.15, -0.1) is 0 Å². The summed E-state index contributed by atoms with van der Waals surface area (Å²) in [5, 5.41) is 11.2. The van der Waals surface area contributed by atoms with Gasteiger partial charge in [0, 0.05) is 26.6 Å². The van der Waals surface area contributed by atoms with Crippen LogP contribution in [0.15, 0.2) is 0 Å². The molecule has 1 heterocycles. The van der Waals surface area contributed by atoms with Crippen LogP contribution in [0.5, 0.6) is 0 Å². The van der Waals surface area contributed by atoms with Crippen LogP contribution in [-0.2, 0) is 19.1 Å². The predicted molar refractivity (Wildman–Crippen MR) is 61.8 cm³/mol. The molecule has 1 aliphatic rings. The van der Waals surface area contributed by atoms with Crippen molar-refractivity contribution in [3.63, 3.8) is 0 Å². The van der Waals surface area contributed by atoms with Gasteiger partial charge in [-0.05, 0) is 6.92 Å². The molecule has 0 aromatic rings. The molecule has 0 bridgehead atoms. The minimum absolute atomic E-state index is 0.0424. The molecule has 0 spiro atoms. The Morgan fingerprint density at radius 3 is 2.72 bits per heavy atom. The summed E-state index contributed by atoms with van der Waals surface area (Å²) in [4.78, 5) is 35.5. The maximum atomic E-state index is 11.8. The first-order valence-corrected chi connectivity index (χ1v) is 5.80. The first-order chi connectivity index (χ1) is 8.49. The van der Waals surface area contributed by atoms with Crippen molar-refractivity contribution >= 4 is 17.8 Å². The summed E-state index contributed by atoms with van der Waals surface area (Å²) in [6, 6.07) is 0. The van der Waals surface area contributed by atoms with Crippen molar-refractivity contribution < 1.29 is 24.2 Å². The Morgan fingerprint density at radius 1 is 1.61 bits per heavy atom. The second-order valence-corrected chi connectivity index (χ2v) is 4.14. The Bertz CT molecular complexity index is 344. The highest BCUT2D eigenvalue weighted by Gasteiger charge is 2.33. The third-order valence-corrected chi connectivity index (χ3v) is 2.99. The van der Waals surface area contributed by atoms with Crippen LogP contribution in [0.1, 0.15) is 13.3 Å². The van der Waals surface area contributed by atoms with E-state index in [-0.39, 0.29) is 24.8 Å². The van der Waals surface area contributed by atoms with Gasteiger partial charge in [0.25, 0.3) is 0 Å². The number of carbonyl (C=O) groups is 3. The van der Waals surface area contributed by atoms with E-state index in [0.717, 1.165) is 0 Å². The van der Waals surface area contributed by atoms with E-state index in [2.05, 4.69) is 5.32 Å². The van der Waals surface area contributed by atoms with Gasteiger partial charge in [-0.2, -0.15) is 0 Å². The fraction of sp³-hybridized carbons (Fsp3) is 0.727. The van der Waals surface area contributed by atoms with Crippen molar-refractivity contribution in [3.05, 3.63) is 0 Å². The van der Waals surface area contributed by atoms with Crippen LogP contribution in [0.4, 0.5) is 0 Å². The molecule has 0 saturated carbocycles. The summed E-state index contributed by atoms with van der Waals surface area (Å²) in [6.45, 7) is 2.73. The van der Waals surface area contributed by atoms with Crippen molar-refractivity contribution in [3.8, 4) is 0 Å². The normalized spacial score (nSPS) is 20.9. The number of carbonyl (C=O) groups excluding carboxylic acids is 2. The number of aliphatic carboxylic acids is 1. The smallest absolute Gasteiger partial charge is 0.334 e. The van der Waals surface area contributed by atoms with Gasteiger partial charge in [0.15, 0.2) is 6.10 Å². The average Bonchev–Trinajstić information content (AvgIpc) is 2.70. The van der Waals surface area contributed by atoms with E-state index in [4.69, 9.17) is 9.84 Å². The predicted octanol–water partition coefficient (Wildman–Crippen LogP) is -0.929. The first kappa shape index (κ1) is 14.4. The van der Waals surface area contributed by atoms with Gasteiger partial charge >= 0.3 is 5.97 Å². The van der Waals surface area contributed by atoms with Crippen molar-refractivity contribution in [1.82, 2.24) is 10.2 Å². The number of rotatable bonds is 6. The van der Waals surface area contributed by atoms with E-state index < -0.39 is 18.0 Å². The first-order valence-electron chi connectivity index (χ1n) is 5.80. The number of methoxy groups -OCH3 is 1. The van der Waals surface area contributed by atoms with Gasteiger partial charge in [0.1, 0.15) is 0 Å². The van der Waals surface area contributed by atoms with E-state index in [1.165, 1.54) is 7.11 Å². The average molecular weight is 258 g/mol. The Labute approximate surface area is 105 Å². The molecular weight excluding hydrogens is 240 g/mol. The summed E-state index contributed by atoms with van der Waals surface area (Å²) in [5.41, 5.74) is 0. The summed E-state index contributed by atoms with van der Waals surface area (Å²) < 4.78 is 4.70. The number of ether oxygens (including phenoxy) is 1. The Morgan fingerprint density at radius 2 is 2.28 bits per heavy atom. The highest BCUT2D eigenvalue weighted by atomic mass is 16.5. The van der Waals surface area contributed by atoms with E-state index in [9.17, 15) is 14.4 Å². The molecule has 7 heteroatoms. The molecule has 2 unspecified atom stereocenters. The lowest BCUT2D eigenvalue weighted by atomic mass is 10.1. The largest absolute Gasteiger partial charge is 0.479 e. The van der Waals surface area contributed by atoms with Crippen LogP contribution >= 0.6 is 0 Å². The molecule has 1 saturated heterocycles. The molecule has 1 aliphatic heterocycles. The Balaban J connectivity index is 2.42. The molecule has 1 rings (SSSR count). The van der Waals surface area contributed by atoms with Crippen molar-refractivity contribution in [1.29, 1.82) is 0 Å². The van der Waals surface area contributed by atoms with Crippen LogP contribution in [0.3, 0.4) is 0 Å². The molecule has 2 atom stereocenters. The summed E-state index contributed by atoms with van der Waals surface area (Å²) >= 11 is 0. The number of carboxylic acid groups (broad SMARTS) is 1.